The molecular weight excluding hydrogens is 274 g/mol. The molecule has 0 saturated heterocycles. The molecule has 0 aliphatic rings. The molecule has 108 valence electrons. The van der Waals surface area contributed by atoms with E-state index in [4.69, 9.17) is 9.15 Å². The number of nitrogens with one attached hydrogen (secondary N) is 1. The van der Waals surface area contributed by atoms with Crippen molar-refractivity contribution in [2.45, 2.75) is 6.92 Å². The lowest BCUT2D eigenvalue weighted by Gasteiger charge is -2.05. The molecular formula is C15H13NO5. The van der Waals surface area contributed by atoms with E-state index in [0.717, 1.165) is 0 Å². The van der Waals surface area contributed by atoms with Gasteiger partial charge in [-0.3, -0.25) is 9.59 Å². The summed E-state index contributed by atoms with van der Waals surface area (Å²) in [7, 11) is 0. The number of amides is 1. The number of benzene rings is 1. The predicted molar refractivity (Wildman–Crippen MR) is 76.3 cm³/mol. The molecule has 1 aromatic carbocycles. The van der Waals surface area contributed by atoms with Gasteiger partial charge >= 0.3 is 11.6 Å². The van der Waals surface area contributed by atoms with Crippen LogP contribution in [-0.2, 0) is 4.79 Å². The first-order valence-electron chi connectivity index (χ1n) is 6.16. The molecule has 6 nitrogen and oxygen atoms in total. The van der Waals surface area contributed by atoms with Gasteiger partial charge in [-0.1, -0.05) is 6.08 Å². The zero-order valence-corrected chi connectivity index (χ0v) is 11.3. The van der Waals surface area contributed by atoms with Gasteiger partial charge < -0.3 is 14.5 Å². The number of hydrogen-bond donors (Lipinski definition) is 1. The molecule has 6 heteroatoms. The monoisotopic (exact) mass is 287 g/mol. The van der Waals surface area contributed by atoms with E-state index < -0.39 is 17.5 Å². The number of carbonyl (C=O) groups is 2. The van der Waals surface area contributed by atoms with Crippen LogP contribution in [0.5, 0.6) is 5.75 Å². The van der Waals surface area contributed by atoms with Crippen LogP contribution < -0.4 is 15.7 Å². The summed E-state index contributed by atoms with van der Waals surface area (Å²) >= 11 is 0. The van der Waals surface area contributed by atoms with E-state index in [1.165, 1.54) is 25.1 Å². The zero-order valence-electron chi connectivity index (χ0n) is 11.3. The minimum Gasteiger partial charge on any atom is -0.427 e. The van der Waals surface area contributed by atoms with Crippen LogP contribution in [0.2, 0.25) is 0 Å². The Balaban J connectivity index is 2.42. The number of ether oxygens (including phenoxy) is 1. The van der Waals surface area contributed by atoms with Gasteiger partial charge in [0, 0.05) is 24.9 Å². The van der Waals surface area contributed by atoms with Crippen LogP contribution in [0.15, 0.2) is 46.1 Å². The van der Waals surface area contributed by atoms with Crippen molar-refractivity contribution in [3.8, 4) is 5.75 Å². The molecule has 0 spiro atoms. The van der Waals surface area contributed by atoms with Crippen LogP contribution in [-0.4, -0.2) is 18.4 Å². The van der Waals surface area contributed by atoms with Crippen LogP contribution in [0.1, 0.15) is 17.3 Å². The molecule has 1 N–H and O–H groups in total. The molecule has 0 aliphatic carbocycles. The quantitative estimate of drug-likeness (QED) is 0.400. The maximum Gasteiger partial charge on any atom is 0.349 e. The fourth-order valence-corrected chi connectivity index (χ4v) is 1.74. The molecule has 0 unspecified atom stereocenters. The molecule has 1 amide bonds. The summed E-state index contributed by atoms with van der Waals surface area (Å²) < 4.78 is 9.98. The Labute approximate surface area is 120 Å². The third-order valence-corrected chi connectivity index (χ3v) is 2.62. The Morgan fingerprint density at radius 3 is 2.81 bits per heavy atom. The van der Waals surface area contributed by atoms with Gasteiger partial charge in [-0.15, -0.1) is 6.58 Å². The maximum atomic E-state index is 11.8. The number of rotatable bonds is 4. The van der Waals surface area contributed by atoms with E-state index in [1.807, 2.05) is 0 Å². The van der Waals surface area contributed by atoms with E-state index >= 15 is 0 Å². The normalized spacial score (nSPS) is 10.1. The largest absolute Gasteiger partial charge is 0.427 e. The lowest BCUT2D eigenvalue weighted by atomic mass is 10.1. The summed E-state index contributed by atoms with van der Waals surface area (Å²) in [5, 5.41) is 3.06. The van der Waals surface area contributed by atoms with E-state index in [0.29, 0.717) is 5.39 Å². The third-order valence-electron chi connectivity index (χ3n) is 2.62. The summed E-state index contributed by atoms with van der Waals surface area (Å²) in [5.41, 5.74) is -0.618. The Morgan fingerprint density at radius 2 is 2.14 bits per heavy atom. The molecule has 21 heavy (non-hydrogen) atoms. The van der Waals surface area contributed by atoms with Crippen molar-refractivity contribution in [3.63, 3.8) is 0 Å². The van der Waals surface area contributed by atoms with Crippen molar-refractivity contribution < 1.29 is 18.7 Å². The number of carbonyl (C=O) groups excluding carboxylic acids is 2. The topological polar surface area (TPSA) is 85.6 Å². The third kappa shape index (κ3) is 3.36. The highest BCUT2D eigenvalue weighted by Gasteiger charge is 2.13. The Morgan fingerprint density at radius 1 is 1.38 bits per heavy atom. The average Bonchev–Trinajstić information content (AvgIpc) is 2.43. The van der Waals surface area contributed by atoms with Crippen molar-refractivity contribution in [3.05, 3.63) is 52.9 Å². The summed E-state index contributed by atoms with van der Waals surface area (Å²) in [4.78, 5) is 34.5. The molecule has 0 fully saturated rings. The molecule has 0 atom stereocenters. The molecule has 1 aromatic heterocycles. The standard InChI is InChI=1S/C15H13NO5/c1-3-6-16-14(18)12-7-10-4-5-11(20-9(2)17)8-13(10)21-15(12)19/h3-5,7-8H,1,6H2,2H3,(H,16,18). The van der Waals surface area contributed by atoms with Crippen LogP contribution in [0.4, 0.5) is 0 Å². The smallest absolute Gasteiger partial charge is 0.349 e. The lowest BCUT2D eigenvalue weighted by Crippen LogP contribution is -2.28. The van der Waals surface area contributed by atoms with Gasteiger partial charge in [0.05, 0.1) is 0 Å². The van der Waals surface area contributed by atoms with Crippen LogP contribution in [0, 0.1) is 0 Å². The van der Waals surface area contributed by atoms with Crippen LogP contribution in [0.25, 0.3) is 11.0 Å². The van der Waals surface area contributed by atoms with Gasteiger partial charge in [0.15, 0.2) is 0 Å². The summed E-state index contributed by atoms with van der Waals surface area (Å²) in [6.45, 7) is 5.00. The zero-order chi connectivity index (χ0) is 15.4. The van der Waals surface area contributed by atoms with Gasteiger partial charge in [0.2, 0.25) is 0 Å². The van der Waals surface area contributed by atoms with Crippen molar-refractivity contribution in [2.75, 3.05) is 6.54 Å². The molecule has 0 bridgehead atoms. The van der Waals surface area contributed by atoms with E-state index in [2.05, 4.69) is 11.9 Å². The molecule has 2 aromatic rings. The van der Waals surface area contributed by atoms with Gasteiger partial charge in [-0.25, -0.2) is 4.79 Å². The highest BCUT2D eigenvalue weighted by Crippen LogP contribution is 2.20. The Kier molecular flexibility index (Phi) is 4.18. The van der Waals surface area contributed by atoms with E-state index in [1.54, 1.807) is 12.1 Å². The highest BCUT2D eigenvalue weighted by molar-refractivity contribution is 5.96. The van der Waals surface area contributed by atoms with Crippen molar-refractivity contribution in [1.29, 1.82) is 0 Å². The predicted octanol–water partition coefficient (Wildman–Crippen LogP) is 1.63. The molecule has 0 saturated carbocycles. The van der Waals surface area contributed by atoms with Gasteiger partial charge in [-0.2, -0.15) is 0 Å². The molecule has 2 rings (SSSR count). The fourth-order valence-electron chi connectivity index (χ4n) is 1.74. The molecule has 0 aliphatic heterocycles. The van der Waals surface area contributed by atoms with Crippen molar-refractivity contribution in [2.24, 2.45) is 0 Å². The molecule has 1 heterocycles. The second kappa shape index (κ2) is 6.04. The minimum absolute atomic E-state index is 0.0930. The minimum atomic E-state index is -0.760. The van der Waals surface area contributed by atoms with E-state index in [9.17, 15) is 14.4 Å². The van der Waals surface area contributed by atoms with Gasteiger partial charge in [-0.05, 0) is 18.2 Å². The second-order valence-corrected chi connectivity index (χ2v) is 4.24. The lowest BCUT2D eigenvalue weighted by molar-refractivity contribution is -0.131. The first kappa shape index (κ1) is 14.5. The number of hydrogen-bond acceptors (Lipinski definition) is 5. The first-order valence-corrected chi connectivity index (χ1v) is 6.16. The summed E-state index contributed by atoms with van der Waals surface area (Å²) in [6, 6.07) is 6.00. The maximum absolute atomic E-state index is 11.8. The highest BCUT2D eigenvalue weighted by atomic mass is 16.5. The Hall–Kier alpha value is -2.89. The first-order chi connectivity index (χ1) is 10.0. The molecule has 0 radical (unpaired) electrons. The van der Waals surface area contributed by atoms with Gasteiger partial charge in [0.25, 0.3) is 5.91 Å². The fraction of sp³-hybridized carbons (Fsp3) is 0.133. The summed E-state index contributed by atoms with van der Waals surface area (Å²) in [6.07, 6.45) is 1.51. The Bertz CT molecular complexity index is 775. The van der Waals surface area contributed by atoms with Gasteiger partial charge in [0.1, 0.15) is 16.9 Å². The second-order valence-electron chi connectivity index (χ2n) is 4.24. The van der Waals surface area contributed by atoms with Crippen LogP contribution in [0.3, 0.4) is 0 Å². The number of fused-ring (bicyclic) bond motifs is 1. The number of esters is 1. The van der Waals surface area contributed by atoms with Crippen LogP contribution >= 0.6 is 0 Å². The summed E-state index contributed by atoms with van der Waals surface area (Å²) in [5.74, 6) is -0.742. The van der Waals surface area contributed by atoms with Crippen molar-refractivity contribution >= 4 is 22.8 Å². The average molecular weight is 287 g/mol. The SMILES string of the molecule is C=CCNC(=O)c1cc2ccc(OC(C)=O)cc2oc1=O. The van der Waals surface area contributed by atoms with E-state index in [-0.39, 0.29) is 23.4 Å². The van der Waals surface area contributed by atoms with Crippen molar-refractivity contribution in [1.82, 2.24) is 5.32 Å².